The van der Waals surface area contributed by atoms with Gasteiger partial charge >= 0.3 is 5.97 Å². The molecule has 0 saturated carbocycles. The Balaban J connectivity index is 1.93. The summed E-state index contributed by atoms with van der Waals surface area (Å²) in [6.07, 6.45) is 1.64. The number of dihydropyridines is 1. The van der Waals surface area contributed by atoms with Gasteiger partial charge in [-0.25, -0.2) is 4.79 Å². The first kappa shape index (κ1) is 22.9. The van der Waals surface area contributed by atoms with Gasteiger partial charge in [-0.05, 0) is 47.5 Å². The summed E-state index contributed by atoms with van der Waals surface area (Å²) >= 11 is 3.57. The highest BCUT2D eigenvalue weighted by molar-refractivity contribution is 9.10. The van der Waals surface area contributed by atoms with Gasteiger partial charge in [0.25, 0.3) is 0 Å². The Morgan fingerprint density at radius 3 is 2.64 bits per heavy atom. The number of nitrogens with one attached hydrogen (secondary N) is 1. The van der Waals surface area contributed by atoms with E-state index in [1.54, 1.807) is 32.2 Å². The first-order valence-electron chi connectivity index (χ1n) is 10.6. The highest BCUT2D eigenvalue weighted by Gasteiger charge is 2.43. The number of ketones is 1. The Labute approximate surface area is 201 Å². The van der Waals surface area contributed by atoms with Crippen molar-refractivity contribution in [1.82, 2.24) is 5.32 Å². The van der Waals surface area contributed by atoms with Crippen LogP contribution < -0.4 is 14.8 Å². The number of carbonyl (C=O) groups is 2. The molecule has 2 aromatic carbocycles. The third-order valence-electron chi connectivity index (χ3n) is 5.67. The molecule has 4 rings (SSSR count). The van der Waals surface area contributed by atoms with E-state index in [2.05, 4.69) is 27.8 Å². The summed E-state index contributed by atoms with van der Waals surface area (Å²) in [4.78, 5) is 26.6. The second-order valence-corrected chi connectivity index (χ2v) is 8.47. The molecule has 0 saturated heterocycles. The second kappa shape index (κ2) is 9.27. The topological polar surface area (TPSA) is 73.9 Å². The van der Waals surface area contributed by atoms with Gasteiger partial charge in [-0.15, -0.1) is 0 Å². The van der Waals surface area contributed by atoms with Crippen molar-refractivity contribution in [3.8, 4) is 11.5 Å². The van der Waals surface area contributed by atoms with Gasteiger partial charge in [0, 0.05) is 28.3 Å². The van der Waals surface area contributed by atoms with Gasteiger partial charge in [0.15, 0.2) is 17.3 Å². The molecule has 170 valence electrons. The summed E-state index contributed by atoms with van der Waals surface area (Å²) in [6, 6.07) is 11.1. The molecule has 2 aromatic rings. The van der Waals surface area contributed by atoms with Crippen molar-refractivity contribution in [2.24, 2.45) is 0 Å². The SMILES string of the molecule is C=CCOc1c(Br)cc([C@H]2C(C(=O)OCC)=C(C)NC3=C2C(=O)c2ccccc23)cc1OC. The van der Waals surface area contributed by atoms with E-state index < -0.39 is 11.9 Å². The molecule has 1 aliphatic heterocycles. The van der Waals surface area contributed by atoms with E-state index in [9.17, 15) is 9.59 Å². The lowest BCUT2D eigenvalue weighted by Crippen LogP contribution is -2.29. The zero-order valence-corrected chi connectivity index (χ0v) is 20.2. The number of methoxy groups -OCH3 is 1. The minimum atomic E-state index is -0.640. The van der Waals surface area contributed by atoms with Crippen molar-refractivity contribution in [3.05, 3.63) is 87.1 Å². The van der Waals surface area contributed by atoms with Crippen molar-refractivity contribution >= 4 is 33.4 Å². The Bertz CT molecular complexity index is 1230. The number of benzene rings is 2. The molecule has 0 fully saturated rings. The molecule has 0 bridgehead atoms. The number of ether oxygens (including phenoxy) is 3. The van der Waals surface area contributed by atoms with Gasteiger partial charge in [0.2, 0.25) is 0 Å². The van der Waals surface area contributed by atoms with Crippen LogP contribution in [0.5, 0.6) is 11.5 Å². The molecule has 2 aliphatic rings. The van der Waals surface area contributed by atoms with E-state index in [0.29, 0.717) is 56.2 Å². The minimum absolute atomic E-state index is 0.116. The lowest BCUT2D eigenvalue weighted by Gasteiger charge is -2.29. The van der Waals surface area contributed by atoms with Gasteiger partial charge in [0.1, 0.15) is 6.61 Å². The number of esters is 1. The van der Waals surface area contributed by atoms with Crippen LogP contribution in [0.3, 0.4) is 0 Å². The maximum atomic E-state index is 13.5. The predicted molar refractivity (Wildman–Crippen MR) is 129 cm³/mol. The Morgan fingerprint density at radius 1 is 1.24 bits per heavy atom. The number of rotatable bonds is 7. The second-order valence-electron chi connectivity index (χ2n) is 7.61. The largest absolute Gasteiger partial charge is 0.493 e. The molecule has 0 amide bonds. The van der Waals surface area contributed by atoms with Crippen LogP contribution in [0.25, 0.3) is 5.70 Å². The number of hydrogen-bond acceptors (Lipinski definition) is 6. The molecule has 1 aliphatic carbocycles. The zero-order valence-electron chi connectivity index (χ0n) is 18.7. The van der Waals surface area contributed by atoms with Crippen LogP contribution in [0.1, 0.15) is 41.3 Å². The smallest absolute Gasteiger partial charge is 0.336 e. The molecule has 0 unspecified atom stereocenters. The maximum absolute atomic E-state index is 13.5. The van der Waals surface area contributed by atoms with E-state index >= 15 is 0 Å². The lowest BCUT2D eigenvalue weighted by atomic mass is 9.79. The zero-order chi connectivity index (χ0) is 23.7. The summed E-state index contributed by atoms with van der Waals surface area (Å²) in [7, 11) is 1.55. The number of allylic oxidation sites excluding steroid dienone is 2. The predicted octanol–water partition coefficient (Wildman–Crippen LogP) is 5.15. The average molecular weight is 510 g/mol. The van der Waals surface area contributed by atoms with E-state index in [1.165, 1.54) is 0 Å². The number of hydrogen-bond donors (Lipinski definition) is 1. The van der Waals surface area contributed by atoms with Gasteiger partial charge in [0.05, 0.1) is 29.5 Å². The fourth-order valence-corrected chi connectivity index (χ4v) is 4.90. The third kappa shape index (κ3) is 3.86. The molecule has 0 aromatic heterocycles. The van der Waals surface area contributed by atoms with Crippen LogP contribution in [0.15, 0.2) is 70.4 Å². The summed E-state index contributed by atoms with van der Waals surface area (Å²) in [6.45, 7) is 7.79. The summed E-state index contributed by atoms with van der Waals surface area (Å²) in [5.41, 5.74) is 4.40. The third-order valence-corrected chi connectivity index (χ3v) is 6.26. The van der Waals surface area contributed by atoms with Gasteiger partial charge < -0.3 is 19.5 Å². The first-order chi connectivity index (χ1) is 15.9. The monoisotopic (exact) mass is 509 g/mol. The van der Waals surface area contributed by atoms with Crippen LogP contribution in [0.4, 0.5) is 0 Å². The van der Waals surface area contributed by atoms with Crippen molar-refractivity contribution in [2.45, 2.75) is 19.8 Å². The molecule has 1 N–H and O–H groups in total. The minimum Gasteiger partial charge on any atom is -0.493 e. The van der Waals surface area contributed by atoms with Gasteiger partial charge in [-0.1, -0.05) is 36.9 Å². The summed E-state index contributed by atoms with van der Waals surface area (Å²) < 4.78 is 17.4. The average Bonchev–Trinajstić information content (AvgIpc) is 3.08. The maximum Gasteiger partial charge on any atom is 0.336 e. The molecule has 33 heavy (non-hydrogen) atoms. The van der Waals surface area contributed by atoms with Gasteiger partial charge in [-0.2, -0.15) is 0 Å². The van der Waals surface area contributed by atoms with Crippen LogP contribution in [0.2, 0.25) is 0 Å². The van der Waals surface area contributed by atoms with E-state index in [0.717, 1.165) is 5.56 Å². The Kier molecular flexibility index (Phi) is 6.42. The van der Waals surface area contributed by atoms with Crippen molar-refractivity contribution in [3.63, 3.8) is 0 Å². The molecule has 1 atom stereocenters. The molecule has 6 nitrogen and oxygen atoms in total. The highest BCUT2D eigenvalue weighted by Crippen LogP contribution is 2.49. The van der Waals surface area contributed by atoms with Crippen molar-refractivity contribution in [2.75, 3.05) is 20.3 Å². The number of Topliss-reactive ketones (excluding diaryl/α,β-unsaturated/α-hetero) is 1. The van der Waals surface area contributed by atoms with Crippen LogP contribution >= 0.6 is 15.9 Å². The molecular weight excluding hydrogens is 486 g/mol. The standard InChI is InChI=1S/C26H24BrNO5/c1-5-11-33-25-18(27)12-15(13-19(25)31-4)21-20(26(30)32-6-2)14(3)28-23-16-9-7-8-10-17(16)24(29)22(21)23/h5,7-10,12-13,21,28H,1,6,11H2,2-4H3/t21-/m0/s1. The molecular formula is C26H24BrNO5. The molecule has 7 heteroatoms. The van der Waals surface area contributed by atoms with Crippen molar-refractivity contribution < 1.29 is 23.8 Å². The first-order valence-corrected chi connectivity index (χ1v) is 11.4. The quantitative estimate of drug-likeness (QED) is 0.410. The Hall–Kier alpha value is -3.32. The summed E-state index contributed by atoms with van der Waals surface area (Å²) in [5, 5.41) is 3.30. The molecule has 0 radical (unpaired) electrons. The van der Waals surface area contributed by atoms with E-state index in [-0.39, 0.29) is 12.4 Å². The number of halogens is 1. The molecule has 1 heterocycles. The number of fused-ring (bicyclic) bond motifs is 2. The van der Waals surface area contributed by atoms with Crippen LogP contribution in [0, 0.1) is 0 Å². The fraction of sp³-hybridized carbons (Fsp3) is 0.231. The number of carbonyl (C=O) groups excluding carboxylic acids is 2. The lowest BCUT2D eigenvalue weighted by molar-refractivity contribution is -0.138. The van der Waals surface area contributed by atoms with Crippen LogP contribution in [-0.4, -0.2) is 32.1 Å². The van der Waals surface area contributed by atoms with E-state index in [1.807, 2.05) is 31.2 Å². The normalized spacial score (nSPS) is 16.7. The highest BCUT2D eigenvalue weighted by atomic mass is 79.9. The molecule has 0 spiro atoms. The Morgan fingerprint density at radius 2 is 1.97 bits per heavy atom. The van der Waals surface area contributed by atoms with Crippen LogP contribution in [-0.2, 0) is 9.53 Å². The fourth-order valence-electron chi connectivity index (χ4n) is 4.33. The van der Waals surface area contributed by atoms with Gasteiger partial charge in [-0.3, -0.25) is 4.79 Å². The summed E-state index contributed by atoms with van der Waals surface area (Å²) in [5.74, 6) is -0.229. The van der Waals surface area contributed by atoms with Crippen molar-refractivity contribution in [1.29, 1.82) is 0 Å². The van der Waals surface area contributed by atoms with E-state index in [4.69, 9.17) is 14.2 Å².